The van der Waals surface area contributed by atoms with Crippen LogP contribution in [-0.2, 0) is 14.3 Å². The lowest BCUT2D eigenvalue weighted by Crippen LogP contribution is -2.25. The van der Waals surface area contributed by atoms with Gasteiger partial charge >= 0.3 is 11.9 Å². The van der Waals surface area contributed by atoms with E-state index in [1.165, 1.54) is 6.42 Å². The van der Waals surface area contributed by atoms with Crippen molar-refractivity contribution in [2.45, 2.75) is 70.8 Å². The zero-order valence-electron chi connectivity index (χ0n) is 11.2. The van der Waals surface area contributed by atoms with Crippen molar-refractivity contribution < 1.29 is 19.4 Å². The third kappa shape index (κ3) is 5.52. The molecule has 0 spiro atoms. The summed E-state index contributed by atoms with van der Waals surface area (Å²) in [7, 11) is 0. The standard InChI is InChI=1S/C14H24O4/c1-2-3-7-11(14(16)17)10-13(15)18-12-8-5-4-6-9-12/h11-12H,2-10H2,1H3,(H,16,17). The number of hydrogen-bond acceptors (Lipinski definition) is 3. The second-order valence-electron chi connectivity index (χ2n) is 5.13. The third-order valence-corrected chi connectivity index (χ3v) is 3.52. The molecule has 0 heterocycles. The molecular weight excluding hydrogens is 232 g/mol. The van der Waals surface area contributed by atoms with Gasteiger partial charge in [-0.2, -0.15) is 0 Å². The fourth-order valence-corrected chi connectivity index (χ4v) is 2.38. The molecule has 4 nitrogen and oxygen atoms in total. The molecule has 0 aromatic heterocycles. The Hall–Kier alpha value is -1.06. The van der Waals surface area contributed by atoms with Gasteiger partial charge in [0.1, 0.15) is 6.10 Å². The third-order valence-electron chi connectivity index (χ3n) is 3.52. The van der Waals surface area contributed by atoms with E-state index in [0.29, 0.717) is 6.42 Å². The SMILES string of the molecule is CCCCC(CC(=O)OC1CCCCC1)C(=O)O. The smallest absolute Gasteiger partial charge is 0.307 e. The number of aliphatic carboxylic acids is 1. The number of carboxylic acids is 1. The number of rotatable bonds is 7. The fraction of sp³-hybridized carbons (Fsp3) is 0.857. The number of carboxylic acid groups (broad SMARTS) is 1. The van der Waals surface area contributed by atoms with Crippen molar-refractivity contribution in [1.82, 2.24) is 0 Å². The molecule has 1 saturated carbocycles. The quantitative estimate of drug-likeness (QED) is 0.711. The molecule has 1 rings (SSSR count). The molecule has 0 radical (unpaired) electrons. The fourth-order valence-electron chi connectivity index (χ4n) is 2.38. The minimum absolute atomic E-state index is 0.0197. The summed E-state index contributed by atoms with van der Waals surface area (Å²) in [4.78, 5) is 22.7. The summed E-state index contributed by atoms with van der Waals surface area (Å²) < 4.78 is 5.35. The maximum Gasteiger partial charge on any atom is 0.307 e. The van der Waals surface area contributed by atoms with Gasteiger partial charge in [-0.1, -0.05) is 26.2 Å². The predicted molar refractivity (Wildman–Crippen MR) is 68.2 cm³/mol. The lowest BCUT2D eigenvalue weighted by molar-refractivity contribution is -0.156. The number of carbonyl (C=O) groups is 2. The summed E-state index contributed by atoms with van der Waals surface area (Å²) in [5, 5.41) is 9.05. The summed E-state index contributed by atoms with van der Waals surface area (Å²) in [6, 6.07) is 0. The molecule has 0 bridgehead atoms. The van der Waals surface area contributed by atoms with Gasteiger partial charge in [0.05, 0.1) is 12.3 Å². The Morgan fingerprint density at radius 1 is 1.28 bits per heavy atom. The number of carbonyl (C=O) groups excluding carboxylic acids is 1. The number of unbranched alkanes of at least 4 members (excludes halogenated alkanes) is 1. The minimum atomic E-state index is -0.885. The van der Waals surface area contributed by atoms with Gasteiger partial charge in [-0.25, -0.2) is 0 Å². The summed E-state index contributed by atoms with van der Waals surface area (Å²) in [6.45, 7) is 2.01. The molecule has 1 aliphatic carbocycles. The van der Waals surface area contributed by atoms with E-state index in [9.17, 15) is 9.59 Å². The lowest BCUT2D eigenvalue weighted by atomic mass is 9.97. The Balaban J connectivity index is 2.32. The molecule has 0 saturated heterocycles. The van der Waals surface area contributed by atoms with Crippen molar-refractivity contribution in [3.63, 3.8) is 0 Å². The van der Waals surface area contributed by atoms with Crippen LogP contribution in [0.2, 0.25) is 0 Å². The van der Waals surface area contributed by atoms with Crippen LogP contribution < -0.4 is 0 Å². The molecule has 0 aromatic carbocycles. The van der Waals surface area contributed by atoms with Gasteiger partial charge in [0.25, 0.3) is 0 Å². The van der Waals surface area contributed by atoms with Gasteiger partial charge in [-0.3, -0.25) is 9.59 Å². The van der Waals surface area contributed by atoms with Crippen LogP contribution in [0.15, 0.2) is 0 Å². The molecule has 0 aliphatic heterocycles. The summed E-state index contributed by atoms with van der Waals surface area (Å²) in [5.41, 5.74) is 0. The maximum atomic E-state index is 11.7. The van der Waals surface area contributed by atoms with E-state index in [1.54, 1.807) is 0 Å². The summed E-state index contributed by atoms with van der Waals surface area (Å²) in [5.74, 6) is -1.81. The maximum absolute atomic E-state index is 11.7. The molecular formula is C14H24O4. The van der Waals surface area contributed by atoms with E-state index in [-0.39, 0.29) is 18.5 Å². The predicted octanol–water partition coefficient (Wildman–Crippen LogP) is 3.14. The van der Waals surface area contributed by atoms with Crippen LogP contribution in [0.5, 0.6) is 0 Å². The Bertz CT molecular complexity index is 269. The zero-order valence-corrected chi connectivity index (χ0v) is 11.2. The Labute approximate surface area is 109 Å². The van der Waals surface area contributed by atoms with Crippen LogP contribution in [0.25, 0.3) is 0 Å². The monoisotopic (exact) mass is 256 g/mol. The summed E-state index contributed by atoms with van der Waals surface area (Å²) in [6.07, 6.45) is 7.67. The molecule has 1 unspecified atom stereocenters. The van der Waals surface area contributed by atoms with Crippen LogP contribution in [-0.4, -0.2) is 23.1 Å². The first-order chi connectivity index (χ1) is 8.63. The second-order valence-corrected chi connectivity index (χ2v) is 5.13. The van der Waals surface area contributed by atoms with Crippen LogP contribution in [0.3, 0.4) is 0 Å². The molecule has 104 valence electrons. The van der Waals surface area contributed by atoms with Crippen molar-refractivity contribution in [2.75, 3.05) is 0 Å². The first-order valence-corrected chi connectivity index (χ1v) is 7.05. The lowest BCUT2D eigenvalue weighted by Gasteiger charge is -2.22. The molecule has 4 heteroatoms. The molecule has 1 N–H and O–H groups in total. The molecule has 0 aromatic rings. The summed E-state index contributed by atoms with van der Waals surface area (Å²) >= 11 is 0. The highest BCUT2D eigenvalue weighted by Crippen LogP contribution is 2.22. The van der Waals surface area contributed by atoms with E-state index in [1.807, 2.05) is 6.92 Å². The number of hydrogen-bond donors (Lipinski definition) is 1. The van der Waals surface area contributed by atoms with Gasteiger partial charge in [0.2, 0.25) is 0 Å². The van der Waals surface area contributed by atoms with Gasteiger partial charge in [-0.05, 0) is 32.1 Å². The van der Waals surface area contributed by atoms with E-state index >= 15 is 0 Å². The average molecular weight is 256 g/mol. The average Bonchev–Trinajstić information content (AvgIpc) is 2.35. The van der Waals surface area contributed by atoms with E-state index in [0.717, 1.165) is 38.5 Å². The van der Waals surface area contributed by atoms with Crippen molar-refractivity contribution in [1.29, 1.82) is 0 Å². The first-order valence-electron chi connectivity index (χ1n) is 7.05. The molecule has 1 atom stereocenters. The van der Waals surface area contributed by atoms with Crippen molar-refractivity contribution >= 4 is 11.9 Å². The van der Waals surface area contributed by atoms with Gasteiger partial charge in [-0.15, -0.1) is 0 Å². The highest BCUT2D eigenvalue weighted by molar-refractivity contribution is 5.78. The number of esters is 1. The zero-order chi connectivity index (χ0) is 13.4. The molecule has 1 aliphatic rings. The van der Waals surface area contributed by atoms with Crippen LogP contribution >= 0.6 is 0 Å². The Morgan fingerprint density at radius 3 is 2.50 bits per heavy atom. The van der Waals surface area contributed by atoms with Gasteiger partial charge in [0.15, 0.2) is 0 Å². The first kappa shape index (κ1) is 15.0. The van der Waals surface area contributed by atoms with Gasteiger partial charge < -0.3 is 9.84 Å². The topological polar surface area (TPSA) is 63.6 Å². The van der Waals surface area contributed by atoms with Crippen molar-refractivity contribution in [3.8, 4) is 0 Å². The highest BCUT2D eigenvalue weighted by Gasteiger charge is 2.24. The van der Waals surface area contributed by atoms with Crippen molar-refractivity contribution in [2.24, 2.45) is 5.92 Å². The minimum Gasteiger partial charge on any atom is -0.481 e. The molecule has 1 fully saturated rings. The van der Waals surface area contributed by atoms with Gasteiger partial charge in [0, 0.05) is 0 Å². The van der Waals surface area contributed by atoms with E-state index < -0.39 is 11.9 Å². The highest BCUT2D eigenvalue weighted by atomic mass is 16.5. The normalized spacial score (nSPS) is 18.3. The Morgan fingerprint density at radius 2 is 1.94 bits per heavy atom. The number of ether oxygens (including phenoxy) is 1. The van der Waals surface area contributed by atoms with Crippen LogP contribution in [0.1, 0.15) is 64.7 Å². The Kier molecular flexibility index (Phi) is 6.76. The van der Waals surface area contributed by atoms with E-state index in [4.69, 9.17) is 9.84 Å². The van der Waals surface area contributed by atoms with Crippen LogP contribution in [0, 0.1) is 5.92 Å². The second kappa shape index (κ2) is 8.11. The van der Waals surface area contributed by atoms with Crippen LogP contribution in [0.4, 0.5) is 0 Å². The molecule has 0 amide bonds. The largest absolute Gasteiger partial charge is 0.481 e. The molecule has 18 heavy (non-hydrogen) atoms. The van der Waals surface area contributed by atoms with Crippen molar-refractivity contribution in [3.05, 3.63) is 0 Å². The van der Waals surface area contributed by atoms with E-state index in [2.05, 4.69) is 0 Å².